The van der Waals surface area contributed by atoms with Crippen LogP contribution in [0.2, 0.25) is 0 Å². The van der Waals surface area contributed by atoms with Crippen LogP contribution in [0.5, 0.6) is 0 Å². The van der Waals surface area contributed by atoms with E-state index in [0.717, 1.165) is 0 Å². The van der Waals surface area contributed by atoms with Crippen LogP contribution in [0.1, 0.15) is 0 Å². The molecule has 0 bridgehead atoms. The van der Waals surface area contributed by atoms with Crippen molar-refractivity contribution in [1.82, 2.24) is 0 Å². The van der Waals surface area contributed by atoms with Crippen LogP contribution in [-0.2, 0) is 66.7 Å². The van der Waals surface area contributed by atoms with Gasteiger partial charge in [-0.25, -0.2) is 0 Å². The largest absolute Gasteiger partial charge is 2.00 e. The molecule has 0 heterocycles. The zero-order valence-corrected chi connectivity index (χ0v) is 58.9. The zero-order valence-electron chi connectivity index (χ0n) is 49.1. The summed E-state index contributed by atoms with van der Waals surface area (Å²) < 4.78 is 64.0. The first-order valence-electron chi connectivity index (χ1n) is 27.4. The van der Waals surface area contributed by atoms with Crippen LogP contribution < -0.4 is 80.4 Å². The molecule has 0 aliphatic heterocycles. The molecule has 12 nitrogen and oxygen atoms in total. The Morgan fingerprint density at radius 1 is 0.217 bits per heavy atom. The number of benzene rings is 12. The molecule has 0 fully saturated rings. The quantitative estimate of drug-likeness (QED) is 0.0770. The van der Waals surface area contributed by atoms with Crippen LogP contribution >= 0.6 is 28.9 Å². The molecule has 0 N–H and O–H groups in total. The van der Waals surface area contributed by atoms with Gasteiger partial charge in [0.1, 0.15) is 45.9 Å². The minimum atomic E-state index is -3.79. The molecule has 12 rings (SSSR count). The Morgan fingerprint density at radius 2 is 0.315 bits per heavy atom. The summed E-state index contributed by atoms with van der Waals surface area (Å²) in [6, 6.07) is 131. The Balaban J connectivity index is 0.000000406. The fraction of sp³-hybridized carbons (Fsp3) is 0. The van der Waals surface area contributed by atoms with Crippen molar-refractivity contribution >= 4 is 122 Å². The second-order valence-electron chi connectivity index (χ2n) is 19.2. The molecule has 470 valence electrons. The molecule has 0 spiro atoms. The maximum atomic E-state index is 8.54. The third kappa shape index (κ3) is 18.9. The third-order valence-corrected chi connectivity index (χ3v) is 30.9. The van der Waals surface area contributed by atoms with Crippen LogP contribution in [0.25, 0.3) is 0 Å². The van der Waals surface area contributed by atoms with E-state index in [0.29, 0.717) is 0 Å². The summed E-state index contributed by atoms with van der Waals surface area (Å²) in [6.45, 7) is 0. The Hall–Kier alpha value is -6.55. The molecular weight excluding hydrogens is 1440 g/mol. The first-order chi connectivity index (χ1) is 42.1. The van der Waals surface area contributed by atoms with Crippen molar-refractivity contribution in [1.29, 1.82) is 0 Å². The average molecular weight is 1500 g/mol. The Kier molecular flexibility index (Phi) is 34.5. The minimum Gasteiger partial charge on any atom is -2.00 e. The molecule has 12 aromatic carbocycles. The molecule has 0 unspecified atom stereocenters. The molecule has 20 heteroatoms. The fourth-order valence-corrected chi connectivity index (χ4v) is 29.5. The van der Waals surface area contributed by atoms with E-state index in [1.165, 1.54) is 63.7 Å². The summed E-state index contributed by atoms with van der Waals surface area (Å²) in [5, 5.41) is 15.1. The van der Waals surface area contributed by atoms with Crippen LogP contribution in [0.4, 0.5) is 0 Å². The fourth-order valence-electron chi connectivity index (χ4n) is 10.5. The van der Waals surface area contributed by atoms with Gasteiger partial charge in [0, 0.05) is 68.9 Å². The molecule has 0 aliphatic carbocycles. The van der Waals surface area contributed by atoms with Gasteiger partial charge in [-0.2, -0.15) is 0 Å². The summed E-state index contributed by atoms with van der Waals surface area (Å²) in [4.78, 5) is 0. The van der Waals surface area contributed by atoms with E-state index in [-0.39, 0.29) is 59.0 Å². The summed E-state index contributed by atoms with van der Waals surface area (Å²) in [6.07, 6.45) is 0. The Labute approximate surface area is 573 Å². The van der Waals surface area contributed by atoms with Gasteiger partial charge in [0.2, 0.25) is 14.8 Å². The predicted molar refractivity (Wildman–Crippen MR) is 361 cm³/mol. The standard InChI is InChI=1S/2C36H30NP2.2H2O3Se.4O.2V/c2*1-7-19-31(20-8-1)38(32-21-9-2-10-22-32,33-23-11-3-12-24-33)37-39(34-25-13-4-14-26-34,35-27-15-5-16-28-35)36-29-17-6-18-30-36;2*1-4(2)3;;;;;;/h2*1-30H;2*(H2,1,2,3);;;;;;/q2*+1;;;4*-2;;/p-4. The number of hydrogen-bond acceptors (Lipinski definition) is 8. The minimum absolute atomic E-state index is 0. The van der Waals surface area contributed by atoms with Gasteiger partial charge in [-0.1, -0.05) is 291 Å². The molecule has 92 heavy (non-hydrogen) atoms. The predicted octanol–water partition coefficient (Wildman–Crippen LogP) is 7.91. The molecule has 0 amide bonds. The van der Waals surface area contributed by atoms with E-state index in [1.54, 1.807) is 0 Å². The van der Waals surface area contributed by atoms with Crippen molar-refractivity contribution in [2.24, 2.45) is 9.03 Å². The molecular formula is C72H60N2O10P4Se2V2-10. The molecule has 0 atom stereocenters. The van der Waals surface area contributed by atoms with Gasteiger partial charge < -0.3 is 21.9 Å². The normalized spacial score (nSPS) is 10.6. The molecule has 0 aliphatic rings. The van der Waals surface area contributed by atoms with E-state index < -0.39 is 57.9 Å². The zero-order chi connectivity index (χ0) is 59.9. The van der Waals surface area contributed by atoms with E-state index in [9.17, 15) is 0 Å². The number of nitrogens with zero attached hydrogens (tertiary/aromatic N) is 2. The number of hydrogen-bond donors (Lipinski definition) is 0. The van der Waals surface area contributed by atoms with Crippen molar-refractivity contribution in [2.75, 3.05) is 0 Å². The molecule has 12 aromatic rings. The molecule has 0 aromatic heterocycles. The Morgan fingerprint density at radius 3 is 0.424 bits per heavy atom. The van der Waals surface area contributed by atoms with Gasteiger partial charge in [0.05, 0.1) is 0 Å². The van der Waals surface area contributed by atoms with Crippen LogP contribution in [0.15, 0.2) is 373 Å². The Bertz CT molecular complexity index is 3470. The van der Waals surface area contributed by atoms with Gasteiger partial charge in [0.25, 0.3) is 0 Å². The van der Waals surface area contributed by atoms with E-state index in [4.69, 9.17) is 33.5 Å². The summed E-state index contributed by atoms with van der Waals surface area (Å²) in [7, 11) is -9.99. The van der Waals surface area contributed by atoms with Crippen molar-refractivity contribution in [3.8, 4) is 0 Å². The van der Waals surface area contributed by atoms with Gasteiger partial charge in [-0.3, -0.25) is 0 Å². The van der Waals surface area contributed by atoms with Crippen molar-refractivity contribution in [3.63, 3.8) is 0 Å². The van der Waals surface area contributed by atoms with E-state index in [2.05, 4.69) is 364 Å². The van der Waals surface area contributed by atoms with Crippen LogP contribution in [0, 0.1) is 0 Å². The van der Waals surface area contributed by atoms with Crippen LogP contribution in [0.3, 0.4) is 0 Å². The first-order valence-corrected chi connectivity index (χ1v) is 38.6. The topological polar surface area (TPSA) is 265 Å². The van der Waals surface area contributed by atoms with Crippen molar-refractivity contribution < 1.29 is 83.4 Å². The monoisotopic (exact) mass is 1500 g/mol. The first kappa shape index (κ1) is 79.7. The molecule has 2 radical (unpaired) electrons. The van der Waals surface area contributed by atoms with E-state index in [1.807, 2.05) is 0 Å². The average Bonchev–Trinajstić information content (AvgIpc) is 0.730. The SMILES string of the molecule is O=[Se]([O-])[O-].O=[Se]([O-])[O-].[O-2].[O-2].[O-2].[O-2].[V].[V].c1ccc(P(=N[P+](c2ccccc2)(c2ccccc2)c2ccccc2)(c2ccccc2)c2ccccc2)cc1.c1ccc(P(=N[P+](c2ccccc2)(c2ccccc2)c2ccccc2)(c2ccccc2)c2ccccc2)cc1. The van der Waals surface area contributed by atoms with Crippen molar-refractivity contribution in [3.05, 3.63) is 364 Å². The van der Waals surface area contributed by atoms with Crippen molar-refractivity contribution in [2.45, 2.75) is 0 Å². The molecule has 0 saturated heterocycles. The molecule has 0 saturated carbocycles. The van der Waals surface area contributed by atoms with Crippen LogP contribution in [-0.4, -0.2) is 29.0 Å². The second kappa shape index (κ2) is 39.9. The smallest absolute Gasteiger partial charge is 0.228 e. The van der Waals surface area contributed by atoms with E-state index >= 15 is 0 Å². The summed E-state index contributed by atoms with van der Waals surface area (Å²) in [5.74, 6) is 0. The second-order valence-corrected chi connectivity index (χ2v) is 33.6. The van der Waals surface area contributed by atoms with Gasteiger partial charge in [0.15, 0.2) is 0 Å². The number of rotatable bonds is 14. The maximum Gasteiger partial charge on any atom is 0.228 e. The third-order valence-electron chi connectivity index (χ3n) is 14.1. The summed E-state index contributed by atoms with van der Waals surface area (Å²) >= 11 is -7.58. The summed E-state index contributed by atoms with van der Waals surface area (Å²) in [5.41, 5.74) is 0. The maximum absolute atomic E-state index is 8.54. The van der Waals surface area contributed by atoms with Gasteiger partial charge >= 0.3 is 53.4 Å². The van der Waals surface area contributed by atoms with Gasteiger partial charge in [-0.05, 0) is 72.8 Å². The van der Waals surface area contributed by atoms with Gasteiger partial charge in [-0.15, -0.1) is 9.03 Å².